The molecule has 2 fully saturated rings. The molecule has 6 nitrogen and oxygen atoms in total. The average Bonchev–Trinajstić information content (AvgIpc) is 2.98. The van der Waals surface area contributed by atoms with E-state index in [4.69, 9.17) is 10.5 Å². The molecule has 2 aliphatic rings. The van der Waals surface area contributed by atoms with E-state index in [2.05, 4.69) is 10.00 Å². The van der Waals surface area contributed by atoms with E-state index in [1.54, 1.807) is 17.1 Å². The molecule has 1 saturated carbocycles. The number of hydrogen-bond acceptors (Lipinski definition) is 5. The van der Waals surface area contributed by atoms with E-state index in [1.165, 1.54) is 12.8 Å². The zero-order chi connectivity index (χ0) is 13.2. The number of anilines is 1. The van der Waals surface area contributed by atoms with E-state index in [0.717, 1.165) is 19.6 Å². The van der Waals surface area contributed by atoms with Gasteiger partial charge in [-0.15, -0.1) is 0 Å². The SMILES string of the molecule is Nc1cnn(CC(O)CN2CCOC3CCCC32)c1. The third-order valence-electron chi connectivity index (χ3n) is 4.09. The van der Waals surface area contributed by atoms with Crippen LogP contribution < -0.4 is 5.73 Å². The van der Waals surface area contributed by atoms with Crippen LogP contribution in [-0.2, 0) is 11.3 Å². The zero-order valence-corrected chi connectivity index (χ0v) is 11.1. The third kappa shape index (κ3) is 2.91. The number of aliphatic hydroxyl groups excluding tert-OH is 1. The van der Waals surface area contributed by atoms with Crippen molar-refractivity contribution in [3.05, 3.63) is 12.4 Å². The molecule has 2 heterocycles. The van der Waals surface area contributed by atoms with E-state index in [-0.39, 0.29) is 0 Å². The maximum Gasteiger partial charge on any atom is 0.0862 e. The first kappa shape index (κ1) is 12.9. The zero-order valence-electron chi connectivity index (χ0n) is 11.1. The summed E-state index contributed by atoms with van der Waals surface area (Å²) >= 11 is 0. The maximum absolute atomic E-state index is 10.2. The van der Waals surface area contributed by atoms with Gasteiger partial charge in [0.1, 0.15) is 0 Å². The number of morpholine rings is 1. The first-order valence-electron chi connectivity index (χ1n) is 7.04. The molecule has 1 aromatic rings. The molecule has 0 aromatic carbocycles. The highest BCUT2D eigenvalue weighted by Gasteiger charge is 2.36. The van der Waals surface area contributed by atoms with E-state index in [9.17, 15) is 5.11 Å². The van der Waals surface area contributed by atoms with Crippen LogP contribution in [-0.4, -0.2) is 57.7 Å². The minimum atomic E-state index is -0.418. The maximum atomic E-state index is 10.2. The molecule has 0 bridgehead atoms. The summed E-state index contributed by atoms with van der Waals surface area (Å²) in [5, 5.41) is 14.3. The summed E-state index contributed by atoms with van der Waals surface area (Å²) in [6.07, 6.45) is 6.89. The summed E-state index contributed by atoms with van der Waals surface area (Å²) < 4.78 is 7.48. The second kappa shape index (κ2) is 5.48. The quantitative estimate of drug-likeness (QED) is 0.807. The van der Waals surface area contributed by atoms with Gasteiger partial charge in [0.25, 0.3) is 0 Å². The van der Waals surface area contributed by atoms with Gasteiger partial charge >= 0.3 is 0 Å². The van der Waals surface area contributed by atoms with Crippen molar-refractivity contribution in [3.63, 3.8) is 0 Å². The summed E-state index contributed by atoms with van der Waals surface area (Å²) in [6, 6.07) is 0.492. The molecular formula is C13H22N4O2. The number of fused-ring (bicyclic) bond motifs is 1. The van der Waals surface area contributed by atoms with Crippen molar-refractivity contribution in [2.24, 2.45) is 0 Å². The van der Waals surface area contributed by atoms with E-state index in [1.807, 2.05) is 0 Å². The molecule has 0 amide bonds. The fourth-order valence-electron chi connectivity index (χ4n) is 3.26. The summed E-state index contributed by atoms with van der Waals surface area (Å²) in [7, 11) is 0. The number of nitrogen functional groups attached to an aromatic ring is 1. The summed E-state index contributed by atoms with van der Waals surface area (Å²) in [4.78, 5) is 2.37. The lowest BCUT2D eigenvalue weighted by atomic mass is 10.1. The van der Waals surface area contributed by atoms with Crippen LogP contribution in [0.4, 0.5) is 5.69 Å². The number of rotatable bonds is 4. The Morgan fingerprint density at radius 1 is 1.47 bits per heavy atom. The van der Waals surface area contributed by atoms with Crippen LogP contribution in [0.5, 0.6) is 0 Å². The Morgan fingerprint density at radius 2 is 2.37 bits per heavy atom. The Bertz CT molecular complexity index is 423. The van der Waals surface area contributed by atoms with Crippen molar-refractivity contribution in [1.82, 2.24) is 14.7 Å². The van der Waals surface area contributed by atoms with Crippen LogP contribution in [0.2, 0.25) is 0 Å². The van der Waals surface area contributed by atoms with Crippen molar-refractivity contribution in [2.45, 2.75) is 44.1 Å². The number of nitrogens with zero attached hydrogens (tertiary/aromatic N) is 3. The molecule has 1 saturated heterocycles. The number of nitrogens with two attached hydrogens (primary N) is 1. The largest absolute Gasteiger partial charge is 0.396 e. The van der Waals surface area contributed by atoms with Crippen molar-refractivity contribution < 1.29 is 9.84 Å². The Balaban J connectivity index is 1.55. The van der Waals surface area contributed by atoms with E-state index in [0.29, 0.717) is 30.9 Å². The molecule has 106 valence electrons. The minimum Gasteiger partial charge on any atom is -0.396 e. The molecule has 1 aromatic heterocycles. The van der Waals surface area contributed by atoms with Crippen LogP contribution in [0.15, 0.2) is 12.4 Å². The molecule has 1 aliphatic carbocycles. The predicted molar refractivity (Wildman–Crippen MR) is 71.6 cm³/mol. The third-order valence-corrected chi connectivity index (χ3v) is 4.09. The highest BCUT2D eigenvalue weighted by molar-refractivity contribution is 5.30. The van der Waals surface area contributed by atoms with Gasteiger partial charge in [0, 0.05) is 25.3 Å². The summed E-state index contributed by atoms with van der Waals surface area (Å²) in [5.41, 5.74) is 6.25. The van der Waals surface area contributed by atoms with Crippen LogP contribution in [0.25, 0.3) is 0 Å². The molecule has 3 rings (SSSR count). The number of aliphatic hydroxyl groups is 1. The normalized spacial score (nSPS) is 29.3. The molecule has 0 radical (unpaired) electrons. The summed E-state index contributed by atoms with van der Waals surface area (Å²) in [6.45, 7) is 2.87. The highest BCUT2D eigenvalue weighted by Crippen LogP contribution is 2.29. The van der Waals surface area contributed by atoms with E-state index >= 15 is 0 Å². The van der Waals surface area contributed by atoms with Gasteiger partial charge in [-0.25, -0.2) is 0 Å². The van der Waals surface area contributed by atoms with E-state index < -0.39 is 6.10 Å². The Kier molecular flexibility index (Phi) is 3.72. The molecule has 19 heavy (non-hydrogen) atoms. The molecule has 6 heteroatoms. The van der Waals surface area contributed by atoms with Gasteiger partial charge in [-0.3, -0.25) is 9.58 Å². The van der Waals surface area contributed by atoms with Crippen LogP contribution in [0.1, 0.15) is 19.3 Å². The predicted octanol–water partition coefficient (Wildman–Crippen LogP) is 0.0795. The van der Waals surface area contributed by atoms with Gasteiger partial charge in [-0.2, -0.15) is 5.10 Å². The van der Waals surface area contributed by atoms with Gasteiger partial charge < -0.3 is 15.6 Å². The van der Waals surface area contributed by atoms with Crippen LogP contribution in [0, 0.1) is 0 Å². The fraction of sp³-hybridized carbons (Fsp3) is 0.769. The Hall–Kier alpha value is -1.11. The van der Waals surface area contributed by atoms with Gasteiger partial charge in [0.05, 0.1) is 37.2 Å². The van der Waals surface area contributed by atoms with Gasteiger partial charge in [-0.05, 0) is 19.3 Å². The molecule has 3 unspecified atom stereocenters. The van der Waals surface area contributed by atoms with Crippen molar-refractivity contribution in [3.8, 4) is 0 Å². The lowest BCUT2D eigenvalue weighted by molar-refractivity contribution is -0.0685. The number of ether oxygens (including phenoxy) is 1. The minimum absolute atomic E-state index is 0.376. The second-order valence-electron chi connectivity index (χ2n) is 5.55. The van der Waals surface area contributed by atoms with Crippen molar-refractivity contribution >= 4 is 5.69 Å². The standard InChI is InChI=1S/C13H22N4O2/c14-10-6-15-17(7-10)9-11(18)8-16-4-5-19-13-3-1-2-12(13)16/h6-7,11-13,18H,1-5,8-9,14H2. The molecule has 0 spiro atoms. The average molecular weight is 266 g/mol. The molecule has 3 atom stereocenters. The van der Waals surface area contributed by atoms with Gasteiger partial charge in [0.2, 0.25) is 0 Å². The molecule has 3 N–H and O–H groups in total. The first-order chi connectivity index (χ1) is 9.22. The summed E-state index contributed by atoms with van der Waals surface area (Å²) in [5.74, 6) is 0. The second-order valence-corrected chi connectivity index (χ2v) is 5.55. The van der Waals surface area contributed by atoms with Gasteiger partial charge in [-0.1, -0.05) is 0 Å². The first-order valence-corrected chi connectivity index (χ1v) is 7.04. The number of β-amino-alcohol motifs (C(OH)–C–C–N with tert-alkyl or cyclic N) is 1. The smallest absolute Gasteiger partial charge is 0.0862 e. The Morgan fingerprint density at radius 3 is 3.16 bits per heavy atom. The lowest BCUT2D eigenvalue weighted by Crippen LogP contribution is -2.51. The Labute approximate surface area is 113 Å². The van der Waals surface area contributed by atoms with Crippen LogP contribution in [0.3, 0.4) is 0 Å². The number of aromatic nitrogens is 2. The molecule has 1 aliphatic heterocycles. The highest BCUT2D eigenvalue weighted by atomic mass is 16.5. The molecular weight excluding hydrogens is 244 g/mol. The fourth-order valence-corrected chi connectivity index (χ4v) is 3.26. The topological polar surface area (TPSA) is 76.5 Å². The van der Waals surface area contributed by atoms with Crippen LogP contribution >= 0.6 is 0 Å². The van der Waals surface area contributed by atoms with Crippen molar-refractivity contribution in [2.75, 3.05) is 25.4 Å². The number of hydrogen-bond donors (Lipinski definition) is 2. The monoisotopic (exact) mass is 266 g/mol. The lowest BCUT2D eigenvalue weighted by Gasteiger charge is -2.38. The van der Waals surface area contributed by atoms with Crippen molar-refractivity contribution in [1.29, 1.82) is 0 Å². The van der Waals surface area contributed by atoms with Gasteiger partial charge in [0.15, 0.2) is 0 Å².